The fraction of sp³-hybridized carbons (Fsp3) is 0.500. The van der Waals surface area contributed by atoms with Gasteiger partial charge in [0.05, 0.1) is 37.8 Å². The molecular weight excluding hydrogens is 617 g/mol. The van der Waals surface area contributed by atoms with Gasteiger partial charge in [0.1, 0.15) is 24.1 Å². The third-order valence-corrected chi connectivity index (χ3v) is 8.20. The highest BCUT2D eigenvalue weighted by Crippen LogP contribution is 2.47. The summed E-state index contributed by atoms with van der Waals surface area (Å²) in [5.74, 6) is -0.206. The zero-order valence-corrected chi connectivity index (χ0v) is 27.9. The predicted octanol–water partition coefficient (Wildman–Crippen LogP) is 4.41. The van der Waals surface area contributed by atoms with Crippen LogP contribution >= 0.6 is 7.75 Å². The highest BCUT2D eigenvalue weighted by molar-refractivity contribution is 7.52. The van der Waals surface area contributed by atoms with Crippen molar-refractivity contribution in [3.05, 3.63) is 42.9 Å². The number of hydrogen-bond acceptors (Lipinski definition) is 13. The summed E-state index contributed by atoms with van der Waals surface area (Å²) in [6, 6.07) is 7.49. The van der Waals surface area contributed by atoms with Crippen LogP contribution in [-0.2, 0) is 23.4 Å². The molecule has 0 bridgehead atoms. The summed E-state index contributed by atoms with van der Waals surface area (Å²) in [7, 11) is -4.32. The number of anilines is 1. The number of aliphatic hydroxyl groups excluding tert-OH is 1. The van der Waals surface area contributed by atoms with Crippen molar-refractivity contribution >= 4 is 41.7 Å². The Morgan fingerprint density at radius 2 is 1.89 bits per heavy atom. The molecule has 0 fully saturated rings. The van der Waals surface area contributed by atoms with E-state index in [0.717, 1.165) is 0 Å². The van der Waals surface area contributed by atoms with Crippen molar-refractivity contribution in [3.63, 3.8) is 0 Å². The normalized spacial score (nSPS) is 16.0. The molecule has 15 nitrogen and oxygen atoms in total. The maximum atomic E-state index is 14.3. The molecule has 3 heterocycles. The summed E-state index contributed by atoms with van der Waals surface area (Å²) < 4.78 is 44.9. The van der Waals surface area contributed by atoms with Gasteiger partial charge >= 0.3 is 13.7 Å². The van der Waals surface area contributed by atoms with Crippen LogP contribution in [-0.4, -0.2) is 73.6 Å². The number of nitrogens with two attached hydrogens (primary N) is 1. The van der Waals surface area contributed by atoms with Crippen molar-refractivity contribution in [2.75, 3.05) is 25.6 Å². The largest absolute Gasteiger partial charge is 0.476 e. The molecule has 250 valence electrons. The lowest BCUT2D eigenvalue weighted by atomic mass is 9.99. The van der Waals surface area contributed by atoms with Crippen LogP contribution in [0.3, 0.4) is 0 Å². The fourth-order valence-electron chi connectivity index (χ4n) is 4.27. The first-order chi connectivity index (χ1) is 21.7. The van der Waals surface area contributed by atoms with E-state index in [1.165, 1.54) is 20.2 Å². The van der Waals surface area contributed by atoms with Crippen LogP contribution in [0.2, 0.25) is 0 Å². The van der Waals surface area contributed by atoms with Crippen molar-refractivity contribution in [2.24, 2.45) is 5.41 Å². The number of esters is 1. The van der Waals surface area contributed by atoms with Crippen LogP contribution in [0.25, 0.3) is 22.1 Å². The van der Waals surface area contributed by atoms with E-state index in [1.807, 2.05) is 27.7 Å². The molecule has 1 aromatic carbocycles. The summed E-state index contributed by atoms with van der Waals surface area (Å²) in [4.78, 5) is 29.9. The van der Waals surface area contributed by atoms with Crippen molar-refractivity contribution in [1.29, 1.82) is 0 Å². The molecule has 0 saturated heterocycles. The second-order valence-corrected chi connectivity index (χ2v) is 13.6. The number of nitrogens with one attached hydrogen (secondary N) is 1. The first-order valence-corrected chi connectivity index (χ1v) is 16.4. The molecule has 5 atom stereocenters. The number of benzene rings is 1. The molecule has 0 spiro atoms. The van der Waals surface area contributed by atoms with Gasteiger partial charge in [-0.1, -0.05) is 26.8 Å². The molecule has 4 N–H and O–H groups in total. The summed E-state index contributed by atoms with van der Waals surface area (Å²) >= 11 is 0. The number of ether oxygens (including phenoxy) is 3. The number of fused-ring (bicyclic) bond motifs is 2. The Morgan fingerprint density at radius 1 is 1.13 bits per heavy atom. The Kier molecular flexibility index (Phi) is 11.2. The maximum absolute atomic E-state index is 14.3. The quantitative estimate of drug-likeness (QED) is 0.120. The van der Waals surface area contributed by atoms with Crippen molar-refractivity contribution < 1.29 is 37.7 Å². The second-order valence-electron chi connectivity index (χ2n) is 11.9. The number of aliphatic hydroxyl groups is 1. The molecule has 46 heavy (non-hydrogen) atoms. The molecule has 0 saturated carbocycles. The van der Waals surface area contributed by atoms with Crippen molar-refractivity contribution in [2.45, 2.75) is 72.9 Å². The summed E-state index contributed by atoms with van der Waals surface area (Å²) in [6.45, 7) is 12.4. The lowest BCUT2D eigenvalue weighted by Crippen LogP contribution is -2.38. The summed E-state index contributed by atoms with van der Waals surface area (Å²) in [5.41, 5.74) is 6.97. The zero-order chi connectivity index (χ0) is 33.6. The predicted molar refractivity (Wildman–Crippen MR) is 171 cm³/mol. The second kappa shape index (κ2) is 14.7. The van der Waals surface area contributed by atoms with Gasteiger partial charge in [0.15, 0.2) is 11.2 Å². The molecule has 0 amide bonds. The Bertz CT molecular complexity index is 1690. The smallest absolute Gasteiger partial charge is 0.459 e. The Labute approximate surface area is 267 Å². The number of carbonyl (C=O) groups excluding carboxylic acids is 1. The molecule has 16 heteroatoms. The molecular formula is C30H42N7O8P. The van der Waals surface area contributed by atoms with Gasteiger partial charge in [-0.3, -0.25) is 18.9 Å². The van der Waals surface area contributed by atoms with Gasteiger partial charge < -0.3 is 29.6 Å². The average molecular weight is 660 g/mol. The minimum atomic E-state index is -4.32. The number of nitrogen functional groups attached to an aromatic ring is 1. The molecule has 4 rings (SSSR count). The number of aromatic nitrogens is 5. The van der Waals surface area contributed by atoms with Crippen LogP contribution in [0.5, 0.6) is 11.6 Å². The lowest BCUT2D eigenvalue weighted by molar-refractivity contribution is -0.148. The topological polar surface area (TPSA) is 195 Å². The Morgan fingerprint density at radius 3 is 2.59 bits per heavy atom. The van der Waals surface area contributed by atoms with Gasteiger partial charge in [0.25, 0.3) is 0 Å². The molecule has 4 aromatic rings. The number of hydrogen-bond donors (Lipinski definition) is 3. The van der Waals surface area contributed by atoms with Gasteiger partial charge in [-0.25, -0.2) is 9.55 Å². The highest BCUT2D eigenvalue weighted by Gasteiger charge is 2.35. The van der Waals surface area contributed by atoms with E-state index in [0.29, 0.717) is 28.7 Å². The van der Waals surface area contributed by atoms with Crippen LogP contribution in [0.1, 0.15) is 54.7 Å². The van der Waals surface area contributed by atoms with Crippen LogP contribution in [0.15, 0.2) is 42.9 Å². The van der Waals surface area contributed by atoms with E-state index in [2.05, 4.69) is 25.0 Å². The van der Waals surface area contributed by atoms with Crippen LogP contribution < -0.4 is 20.1 Å². The molecule has 0 aliphatic carbocycles. The van der Waals surface area contributed by atoms with Gasteiger partial charge in [0.2, 0.25) is 11.8 Å². The van der Waals surface area contributed by atoms with Gasteiger partial charge in [-0.05, 0) is 57.4 Å². The molecule has 0 aliphatic rings. The van der Waals surface area contributed by atoms with Crippen molar-refractivity contribution in [1.82, 2.24) is 29.6 Å². The first kappa shape index (κ1) is 35.0. The van der Waals surface area contributed by atoms with Crippen LogP contribution in [0, 0.1) is 5.41 Å². The minimum Gasteiger partial charge on any atom is -0.476 e. The molecule has 1 unspecified atom stereocenters. The standard InChI is InChI=1S/C30H42N7O8P/c1-8-41-27-25-26(34-29(31)35-27)37(17-33-25)20(4)44-24(19(3)38)15-43-46(40,36-18(2)28(39)42-16-30(5,6)7)45-23-13-9-12-22-21(23)11-10-14-32-22/h9-14,17-20,24,38H,8,15-16H2,1-7H3,(H,36,40)(H2,31,34,35)/t18-,19-,20+,24+,46?/m0/s1. The fourth-order valence-corrected chi connectivity index (χ4v) is 5.79. The summed E-state index contributed by atoms with van der Waals surface area (Å²) in [6.07, 6.45) is 0.261. The Balaban J connectivity index is 1.57. The number of nitrogens with zero attached hydrogens (tertiary/aromatic N) is 5. The van der Waals surface area contributed by atoms with Crippen LogP contribution in [0.4, 0.5) is 5.95 Å². The zero-order valence-electron chi connectivity index (χ0n) is 27.0. The number of carbonyl (C=O) groups is 1. The molecule has 0 aliphatic heterocycles. The molecule has 3 aromatic heterocycles. The third kappa shape index (κ3) is 8.89. The first-order valence-electron chi connectivity index (χ1n) is 14.9. The number of rotatable bonds is 15. The van der Waals surface area contributed by atoms with Crippen molar-refractivity contribution in [3.8, 4) is 11.6 Å². The third-order valence-electron chi connectivity index (χ3n) is 6.58. The van der Waals surface area contributed by atoms with E-state index in [9.17, 15) is 14.5 Å². The van der Waals surface area contributed by atoms with Gasteiger partial charge in [-0.2, -0.15) is 15.1 Å². The lowest BCUT2D eigenvalue weighted by Gasteiger charge is -2.28. The van der Waals surface area contributed by atoms with E-state index >= 15 is 0 Å². The molecule has 0 radical (unpaired) electrons. The maximum Gasteiger partial charge on any atom is 0.459 e. The van der Waals surface area contributed by atoms with E-state index in [1.54, 1.807) is 48.0 Å². The monoisotopic (exact) mass is 659 g/mol. The van der Waals surface area contributed by atoms with E-state index < -0.39 is 44.8 Å². The van der Waals surface area contributed by atoms with Gasteiger partial charge in [0, 0.05) is 11.6 Å². The SMILES string of the molecule is CCOc1nc(N)nc2c1ncn2[C@@H](C)O[C@H](COP(=O)(N[C@@H](C)C(=O)OCC(C)(C)C)Oc1cccc2ncccc12)[C@H](C)O. The highest BCUT2D eigenvalue weighted by atomic mass is 31.2. The minimum absolute atomic E-state index is 0.0109. The average Bonchev–Trinajstić information content (AvgIpc) is 3.42. The van der Waals surface area contributed by atoms with E-state index in [-0.39, 0.29) is 29.6 Å². The summed E-state index contributed by atoms with van der Waals surface area (Å²) in [5, 5.41) is 13.9. The van der Waals surface area contributed by atoms with Gasteiger partial charge in [-0.15, -0.1) is 0 Å². The Hall–Kier alpha value is -3.88. The number of pyridine rings is 1. The van der Waals surface area contributed by atoms with E-state index in [4.69, 9.17) is 29.0 Å². The number of imidazole rings is 1.